The molecule has 2 aliphatic rings. The normalized spacial score (nSPS) is 24.6. The number of carbonyl (C=O) groups is 1. The Morgan fingerprint density at radius 3 is 2.61 bits per heavy atom. The van der Waals surface area contributed by atoms with E-state index in [9.17, 15) is 4.79 Å². The lowest BCUT2D eigenvalue weighted by Crippen LogP contribution is -2.47. The molecular weight excluding hydrogens is 370 g/mol. The van der Waals surface area contributed by atoms with Crippen LogP contribution in [-0.4, -0.2) is 50.7 Å². The molecular formula is C22H35NO4Si. The number of nitrogens with zero attached hydrogens (tertiary/aromatic N) is 1. The van der Waals surface area contributed by atoms with E-state index < -0.39 is 8.32 Å². The van der Waals surface area contributed by atoms with Crippen LogP contribution in [0.25, 0.3) is 0 Å². The zero-order chi connectivity index (χ0) is 20.4. The third-order valence-corrected chi connectivity index (χ3v) is 10.9. The van der Waals surface area contributed by atoms with Crippen LogP contribution in [0.2, 0.25) is 18.1 Å². The van der Waals surface area contributed by atoms with E-state index >= 15 is 0 Å². The average molecular weight is 406 g/mol. The van der Waals surface area contributed by atoms with Gasteiger partial charge >= 0.3 is 6.09 Å². The zero-order valence-corrected chi connectivity index (χ0v) is 18.9. The quantitative estimate of drug-likeness (QED) is 0.365. The number of carbonyl (C=O) groups excluding carboxylic acids is 1. The number of epoxide rings is 1. The lowest BCUT2D eigenvalue weighted by molar-refractivity contribution is 0.0693. The van der Waals surface area contributed by atoms with Gasteiger partial charge in [-0.1, -0.05) is 51.1 Å². The van der Waals surface area contributed by atoms with E-state index in [4.69, 9.17) is 13.9 Å². The second kappa shape index (κ2) is 8.55. The van der Waals surface area contributed by atoms with E-state index in [1.807, 2.05) is 35.2 Å². The lowest BCUT2D eigenvalue weighted by atomic mass is 9.98. The molecule has 2 saturated heterocycles. The van der Waals surface area contributed by atoms with Gasteiger partial charge in [-0.05, 0) is 43.0 Å². The molecule has 0 bridgehead atoms. The highest BCUT2D eigenvalue weighted by atomic mass is 28.4. The van der Waals surface area contributed by atoms with Crippen LogP contribution in [0, 0.1) is 0 Å². The standard InChI is InChI=1S/C22H35NO4Si/c1-22(2,3)28(4,5)26-13-9-12-18-14-19-20(27-19)15-23(18)21(24)25-16-17-10-7-6-8-11-17/h6-8,10-11,18-20H,9,12-16H2,1-5H3/t18-,19+,20-/m1/s1. The predicted octanol–water partition coefficient (Wildman–Crippen LogP) is 4.97. The molecule has 0 spiro atoms. The van der Waals surface area contributed by atoms with Crippen LogP contribution in [0.4, 0.5) is 4.79 Å². The van der Waals surface area contributed by atoms with E-state index in [1.165, 1.54) is 0 Å². The Morgan fingerprint density at radius 1 is 1.21 bits per heavy atom. The number of piperidine rings is 1. The highest BCUT2D eigenvalue weighted by Gasteiger charge is 2.49. The molecule has 1 aromatic carbocycles. The summed E-state index contributed by atoms with van der Waals surface area (Å²) < 4.78 is 17.6. The molecule has 0 N–H and O–H groups in total. The highest BCUT2D eigenvalue weighted by molar-refractivity contribution is 6.74. The van der Waals surface area contributed by atoms with E-state index in [0.29, 0.717) is 19.3 Å². The minimum Gasteiger partial charge on any atom is -0.445 e. The summed E-state index contributed by atoms with van der Waals surface area (Å²) in [5, 5.41) is 0.222. The van der Waals surface area contributed by atoms with Crippen LogP contribution < -0.4 is 0 Å². The maximum atomic E-state index is 12.7. The fourth-order valence-electron chi connectivity index (χ4n) is 3.45. The summed E-state index contributed by atoms with van der Waals surface area (Å²) >= 11 is 0. The molecule has 1 aromatic rings. The van der Waals surface area contributed by atoms with E-state index in [-0.39, 0.29) is 23.3 Å². The van der Waals surface area contributed by atoms with E-state index in [1.54, 1.807) is 0 Å². The number of rotatable bonds is 7. The summed E-state index contributed by atoms with van der Waals surface area (Å²) in [6, 6.07) is 9.99. The van der Waals surface area contributed by atoms with Crippen molar-refractivity contribution in [1.29, 1.82) is 0 Å². The Bertz CT molecular complexity index is 658. The number of ether oxygens (including phenoxy) is 2. The number of fused-ring (bicyclic) bond motifs is 1. The van der Waals surface area contributed by atoms with Crippen molar-refractivity contribution in [3.63, 3.8) is 0 Å². The van der Waals surface area contributed by atoms with Crippen molar-refractivity contribution in [2.45, 2.75) is 83.0 Å². The molecule has 0 radical (unpaired) electrons. The third kappa shape index (κ3) is 5.36. The fourth-order valence-corrected chi connectivity index (χ4v) is 4.54. The van der Waals surface area contributed by atoms with Crippen LogP contribution in [0.1, 0.15) is 45.6 Å². The van der Waals surface area contributed by atoms with Crippen molar-refractivity contribution < 1.29 is 18.7 Å². The molecule has 5 nitrogen and oxygen atoms in total. The summed E-state index contributed by atoms with van der Waals surface area (Å²) in [6.07, 6.45) is 3.09. The Balaban J connectivity index is 1.48. The van der Waals surface area contributed by atoms with E-state index in [2.05, 4.69) is 33.9 Å². The van der Waals surface area contributed by atoms with Gasteiger partial charge in [-0.15, -0.1) is 0 Å². The van der Waals surface area contributed by atoms with Gasteiger partial charge in [-0.2, -0.15) is 0 Å². The van der Waals surface area contributed by atoms with Crippen LogP contribution in [0.15, 0.2) is 30.3 Å². The molecule has 156 valence electrons. The van der Waals surface area contributed by atoms with Crippen LogP contribution in [-0.2, 0) is 20.5 Å². The first-order chi connectivity index (χ1) is 13.2. The first-order valence-corrected chi connectivity index (χ1v) is 13.3. The zero-order valence-electron chi connectivity index (χ0n) is 17.9. The lowest BCUT2D eigenvalue weighted by Gasteiger charge is -2.37. The minimum atomic E-state index is -1.72. The molecule has 3 atom stereocenters. The minimum absolute atomic E-state index is 0.176. The smallest absolute Gasteiger partial charge is 0.410 e. The summed E-state index contributed by atoms with van der Waals surface area (Å²) in [5.41, 5.74) is 1.01. The van der Waals surface area contributed by atoms with Crippen molar-refractivity contribution in [2.24, 2.45) is 0 Å². The molecule has 0 aliphatic carbocycles. The van der Waals surface area contributed by atoms with Gasteiger partial charge in [0.25, 0.3) is 0 Å². The van der Waals surface area contributed by atoms with Crippen molar-refractivity contribution in [3.05, 3.63) is 35.9 Å². The molecule has 0 aromatic heterocycles. The van der Waals surface area contributed by atoms with Crippen molar-refractivity contribution >= 4 is 14.4 Å². The Hall–Kier alpha value is -1.37. The maximum absolute atomic E-state index is 12.7. The van der Waals surface area contributed by atoms with Gasteiger partial charge in [0.1, 0.15) is 12.7 Å². The summed E-state index contributed by atoms with van der Waals surface area (Å²) in [7, 11) is -1.72. The second-order valence-corrected chi connectivity index (χ2v) is 14.4. The Kier molecular flexibility index (Phi) is 6.52. The van der Waals surface area contributed by atoms with E-state index in [0.717, 1.165) is 31.4 Å². The third-order valence-electron chi connectivity index (χ3n) is 6.40. The topological polar surface area (TPSA) is 51.3 Å². The molecule has 3 rings (SSSR count). The molecule has 2 fully saturated rings. The number of likely N-dealkylation sites (tertiary alicyclic amines) is 1. The van der Waals surface area contributed by atoms with Gasteiger partial charge < -0.3 is 18.8 Å². The van der Waals surface area contributed by atoms with Gasteiger partial charge in [0, 0.05) is 12.6 Å². The maximum Gasteiger partial charge on any atom is 0.410 e. The molecule has 0 saturated carbocycles. The monoisotopic (exact) mass is 405 g/mol. The first kappa shape index (κ1) is 21.3. The van der Waals surface area contributed by atoms with Gasteiger partial charge in [-0.3, -0.25) is 0 Å². The molecule has 28 heavy (non-hydrogen) atoms. The van der Waals surface area contributed by atoms with Gasteiger partial charge in [0.15, 0.2) is 8.32 Å². The van der Waals surface area contributed by atoms with Gasteiger partial charge in [-0.25, -0.2) is 4.79 Å². The SMILES string of the molecule is CC(C)(C)[Si](C)(C)OCCC[C@@H]1C[C@@H]2O[C@@H]2CN1C(=O)OCc1ccccc1. The van der Waals surface area contributed by atoms with Crippen molar-refractivity contribution in [2.75, 3.05) is 13.2 Å². The summed E-state index contributed by atoms with van der Waals surface area (Å²) in [5.74, 6) is 0. The van der Waals surface area contributed by atoms with Gasteiger partial charge in [0.05, 0.1) is 12.6 Å². The Labute approximate surface area is 170 Å². The number of hydrogen-bond donors (Lipinski definition) is 0. The molecule has 2 aliphatic heterocycles. The Morgan fingerprint density at radius 2 is 1.93 bits per heavy atom. The molecule has 2 heterocycles. The average Bonchev–Trinajstić information content (AvgIpc) is 3.41. The molecule has 1 amide bonds. The van der Waals surface area contributed by atoms with Gasteiger partial charge in [0.2, 0.25) is 0 Å². The van der Waals surface area contributed by atoms with Crippen molar-refractivity contribution in [3.8, 4) is 0 Å². The van der Waals surface area contributed by atoms with Crippen LogP contribution in [0.3, 0.4) is 0 Å². The highest BCUT2D eigenvalue weighted by Crippen LogP contribution is 2.38. The largest absolute Gasteiger partial charge is 0.445 e. The van der Waals surface area contributed by atoms with Crippen LogP contribution in [0.5, 0.6) is 0 Å². The molecule has 0 unspecified atom stereocenters. The van der Waals surface area contributed by atoms with Crippen LogP contribution >= 0.6 is 0 Å². The second-order valence-electron chi connectivity index (χ2n) is 9.55. The predicted molar refractivity (Wildman–Crippen MR) is 113 cm³/mol. The fraction of sp³-hybridized carbons (Fsp3) is 0.682. The number of amides is 1. The first-order valence-electron chi connectivity index (χ1n) is 10.4. The summed E-state index contributed by atoms with van der Waals surface area (Å²) in [6.45, 7) is 13.1. The number of hydrogen-bond acceptors (Lipinski definition) is 4. The van der Waals surface area contributed by atoms with Crippen molar-refractivity contribution in [1.82, 2.24) is 4.90 Å². The molecule has 6 heteroatoms. The number of benzene rings is 1. The summed E-state index contributed by atoms with van der Waals surface area (Å²) in [4.78, 5) is 14.6.